The monoisotopic (exact) mass is 532 g/mol. The van der Waals surface area contributed by atoms with E-state index in [0.717, 1.165) is 0 Å². The molecule has 1 aromatic heterocycles. The first kappa shape index (κ1) is 26.3. The van der Waals surface area contributed by atoms with Crippen molar-refractivity contribution >= 4 is 36.5 Å². The third-order valence-electron chi connectivity index (χ3n) is 7.15. The normalized spacial score (nSPS) is 17.5. The third-order valence-corrected chi connectivity index (χ3v) is 10.5. The van der Waals surface area contributed by atoms with Crippen molar-refractivity contribution in [2.45, 2.75) is 57.9 Å². The van der Waals surface area contributed by atoms with Crippen LogP contribution < -0.4 is 5.69 Å². The van der Waals surface area contributed by atoms with Gasteiger partial charge in [-0.05, 0) is 68.5 Å². The smallest absolute Gasteiger partial charge is 0.294 e. The predicted molar refractivity (Wildman–Crippen MR) is 141 cm³/mol. The number of Topliss-reactive ketones (excluding diaryl/α,β-unsaturated/α-hetero) is 1. The summed E-state index contributed by atoms with van der Waals surface area (Å²) >= 11 is 0. The molecule has 1 saturated heterocycles. The quantitative estimate of drug-likeness (QED) is 0.426. The van der Waals surface area contributed by atoms with E-state index in [1.165, 1.54) is 16.7 Å². The first-order chi connectivity index (χ1) is 16.8. The molecule has 0 atom stereocenters. The molecule has 0 aliphatic carbocycles. The van der Waals surface area contributed by atoms with Gasteiger partial charge >= 0.3 is 5.69 Å². The number of hydrogen-bond acceptors (Lipinski definition) is 6. The number of aromatic nitrogens is 2. The number of hydrogen-bond donors (Lipinski definition) is 0. The van der Waals surface area contributed by atoms with Crippen LogP contribution in [0.2, 0.25) is 0 Å². The lowest BCUT2D eigenvalue weighted by atomic mass is 9.78. The van der Waals surface area contributed by atoms with Gasteiger partial charge in [-0.1, -0.05) is 19.9 Å². The van der Waals surface area contributed by atoms with E-state index >= 15 is 0 Å². The second kappa shape index (κ2) is 9.30. The average Bonchev–Trinajstić information content (AvgIpc) is 3.12. The maximum atomic E-state index is 13.5. The zero-order valence-electron chi connectivity index (χ0n) is 21.0. The van der Waals surface area contributed by atoms with Crippen LogP contribution in [0.25, 0.3) is 16.7 Å². The van der Waals surface area contributed by atoms with Gasteiger partial charge in [0.1, 0.15) is 9.84 Å². The summed E-state index contributed by atoms with van der Waals surface area (Å²) in [6, 6.07) is 11.2. The summed E-state index contributed by atoms with van der Waals surface area (Å²) in [6.45, 7) is 7.28. The molecule has 0 N–H and O–H groups in total. The van der Waals surface area contributed by atoms with Crippen molar-refractivity contribution in [3.63, 3.8) is 0 Å². The van der Waals surface area contributed by atoms with Crippen molar-refractivity contribution in [2.24, 2.45) is 5.41 Å². The summed E-state index contributed by atoms with van der Waals surface area (Å²) in [5.74, 6) is 0.0526. The maximum Gasteiger partial charge on any atom is 0.333 e. The van der Waals surface area contributed by atoms with Crippen molar-refractivity contribution in [2.75, 3.05) is 17.3 Å². The number of benzene rings is 2. The third kappa shape index (κ3) is 4.93. The molecular formula is C26H32N2O6S2. The largest absolute Gasteiger partial charge is 0.333 e. The van der Waals surface area contributed by atoms with Gasteiger partial charge in [-0.2, -0.15) is 0 Å². The number of nitrogens with zero attached hydrogens (tertiary/aromatic N) is 2. The number of sulfone groups is 2. The van der Waals surface area contributed by atoms with E-state index in [4.69, 9.17) is 0 Å². The van der Waals surface area contributed by atoms with Crippen LogP contribution in [0, 0.1) is 5.41 Å². The molecule has 2 aromatic carbocycles. The van der Waals surface area contributed by atoms with Crippen molar-refractivity contribution in [1.29, 1.82) is 0 Å². The van der Waals surface area contributed by atoms with Gasteiger partial charge in [-0.15, -0.1) is 0 Å². The second-order valence-electron chi connectivity index (χ2n) is 10.2. The molecule has 10 heteroatoms. The molecule has 1 aliphatic heterocycles. The van der Waals surface area contributed by atoms with Gasteiger partial charge in [0, 0.05) is 18.0 Å². The van der Waals surface area contributed by atoms with Crippen molar-refractivity contribution < 1.29 is 21.6 Å². The minimum atomic E-state index is -3.45. The van der Waals surface area contributed by atoms with Gasteiger partial charge in [0.25, 0.3) is 0 Å². The Morgan fingerprint density at radius 3 is 2.33 bits per heavy atom. The molecule has 4 rings (SSSR count). The molecule has 0 amide bonds. The number of rotatable bonds is 7. The second-order valence-corrected chi connectivity index (χ2v) is 14.8. The van der Waals surface area contributed by atoms with Crippen molar-refractivity contribution in [3.05, 3.63) is 58.5 Å². The molecule has 0 radical (unpaired) electrons. The molecule has 0 bridgehead atoms. The maximum absolute atomic E-state index is 13.5. The Labute approximate surface area is 211 Å². The summed E-state index contributed by atoms with van der Waals surface area (Å²) in [6.07, 6.45) is 1.14. The summed E-state index contributed by atoms with van der Waals surface area (Å²) in [5.41, 5.74) is 1.36. The lowest BCUT2D eigenvalue weighted by Crippen LogP contribution is -2.33. The zero-order chi connectivity index (χ0) is 26.5. The lowest BCUT2D eigenvalue weighted by Gasteiger charge is -2.32. The van der Waals surface area contributed by atoms with Crippen LogP contribution in [0.3, 0.4) is 0 Å². The first-order valence-corrected chi connectivity index (χ1v) is 15.6. The lowest BCUT2D eigenvalue weighted by molar-refractivity contribution is 0.0911. The van der Waals surface area contributed by atoms with Gasteiger partial charge in [0.2, 0.25) is 0 Å². The Kier molecular flexibility index (Phi) is 6.81. The fourth-order valence-electron chi connectivity index (χ4n) is 4.82. The highest BCUT2D eigenvalue weighted by Gasteiger charge is 2.35. The van der Waals surface area contributed by atoms with Gasteiger partial charge < -0.3 is 0 Å². The van der Waals surface area contributed by atoms with Crippen LogP contribution in [-0.4, -0.2) is 49.0 Å². The summed E-state index contributed by atoms with van der Waals surface area (Å²) < 4.78 is 51.6. The number of carbonyl (C=O) groups excluding carboxylic acids is 1. The van der Waals surface area contributed by atoms with E-state index in [1.54, 1.807) is 41.8 Å². The van der Waals surface area contributed by atoms with Crippen LogP contribution in [-0.2, 0) is 19.7 Å². The Hall–Kier alpha value is -2.72. The fourth-order valence-corrected chi connectivity index (χ4v) is 7.55. The minimum absolute atomic E-state index is 0.0462. The van der Waals surface area contributed by atoms with E-state index in [0.29, 0.717) is 35.1 Å². The first-order valence-electron chi connectivity index (χ1n) is 12.1. The van der Waals surface area contributed by atoms with E-state index in [2.05, 4.69) is 0 Å². The van der Waals surface area contributed by atoms with E-state index in [-0.39, 0.29) is 51.5 Å². The number of imidazole rings is 1. The Morgan fingerprint density at radius 1 is 1.06 bits per heavy atom. The van der Waals surface area contributed by atoms with Crippen LogP contribution in [0.5, 0.6) is 0 Å². The highest BCUT2D eigenvalue weighted by Crippen LogP contribution is 2.37. The molecule has 2 heterocycles. The summed E-state index contributed by atoms with van der Waals surface area (Å²) in [4.78, 5) is 26.9. The van der Waals surface area contributed by atoms with Crippen molar-refractivity contribution in [3.8, 4) is 5.69 Å². The van der Waals surface area contributed by atoms with Crippen LogP contribution >= 0.6 is 0 Å². The molecule has 0 unspecified atom stereocenters. The molecule has 1 fully saturated rings. The van der Waals surface area contributed by atoms with Crippen molar-refractivity contribution in [1.82, 2.24) is 9.13 Å². The molecule has 3 aromatic rings. The standard InChI is InChI=1S/C26H32N2O6S2/c1-5-36(33,34)21-8-6-7-20(16-21)28-22-10-9-19(15-23(22)27(18(2)3)25(28)30)24(29)17-26(4)11-13-35(31,32)14-12-26/h6-10,15-16,18H,5,11-14,17H2,1-4H3. The molecule has 0 saturated carbocycles. The highest BCUT2D eigenvalue weighted by atomic mass is 32.2. The Morgan fingerprint density at radius 2 is 1.72 bits per heavy atom. The van der Waals surface area contributed by atoms with Crippen LogP contribution in [0.15, 0.2) is 52.2 Å². The molecular weight excluding hydrogens is 500 g/mol. The van der Waals surface area contributed by atoms with Gasteiger partial charge in [-0.25, -0.2) is 21.6 Å². The van der Waals surface area contributed by atoms with Crippen LogP contribution in [0.4, 0.5) is 0 Å². The highest BCUT2D eigenvalue weighted by molar-refractivity contribution is 7.91. The summed E-state index contributed by atoms with van der Waals surface area (Å²) in [7, 11) is -6.48. The molecule has 0 spiro atoms. The SMILES string of the molecule is CCS(=O)(=O)c1cccc(-n2c(=O)n(C(C)C)c3cc(C(=O)CC4(C)CCS(=O)(=O)CC4)ccc32)c1. The van der Waals surface area contributed by atoms with E-state index in [1.807, 2.05) is 20.8 Å². The molecule has 1 aliphatic rings. The van der Waals surface area contributed by atoms with E-state index < -0.39 is 19.7 Å². The Balaban J connectivity index is 1.78. The predicted octanol–water partition coefficient (Wildman–Crippen LogP) is 3.95. The van der Waals surface area contributed by atoms with E-state index in [9.17, 15) is 26.4 Å². The number of carbonyl (C=O) groups is 1. The molecule has 36 heavy (non-hydrogen) atoms. The minimum Gasteiger partial charge on any atom is -0.294 e. The Bertz CT molecular complexity index is 1600. The number of fused-ring (bicyclic) bond motifs is 1. The zero-order valence-corrected chi connectivity index (χ0v) is 22.7. The topological polar surface area (TPSA) is 112 Å². The van der Waals surface area contributed by atoms with Gasteiger partial charge in [0.05, 0.1) is 38.9 Å². The van der Waals surface area contributed by atoms with Gasteiger partial charge in [0.15, 0.2) is 15.6 Å². The van der Waals surface area contributed by atoms with Gasteiger partial charge in [-0.3, -0.25) is 13.9 Å². The molecule has 194 valence electrons. The molecule has 8 nitrogen and oxygen atoms in total. The summed E-state index contributed by atoms with van der Waals surface area (Å²) in [5, 5.41) is 0. The van der Waals surface area contributed by atoms with Crippen LogP contribution in [0.1, 0.15) is 63.4 Å². The average molecular weight is 533 g/mol. The number of ketones is 1. The fraction of sp³-hybridized carbons (Fsp3) is 0.462.